The lowest BCUT2D eigenvalue weighted by Gasteiger charge is -2.01. The van der Waals surface area contributed by atoms with Crippen molar-refractivity contribution in [2.45, 2.75) is 0 Å². The molecule has 2 aromatic rings. The molecular formula is C10H7N3O3. The molecule has 0 bridgehead atoms. The number of aromatic nitrogens is 2. The molecule has 0 fully saturated rings. The molecular weight excluding hydrogens is 210 g/mol. The summed E-state index contributed by atoms with van der Waals surface area (Å²) in [6.45, 7) is 0. The van der Waals surface area contributed by atoms with Gasteiger partial charge in [0.05, 0.1) is 4.92 Å². The Kier molecular flexibility index (Phi) is 2.47. The summed E-state index contributed by atoms with van der Waals surface area (Å²) in [5.74, 6) is 0. The Hall–Kier alpha value is -2.50. The van der Waals surface area contributed by atoms with Crippen molar-refractivity contribution < 1.29 is 4.92 Å². The Morgan fingerprint density at radius 2 is 1.88 bits per heavy atom. The molecule has 0 saturated heterocycles. The standard InChI is InChI=1S/C10H7N3O3/c14-9-2-1-8(13(15)16)10(12-9)7-3-5-11-6-4-7/h1-6H,(H,12,14). The van der Waals surface area contributed by atoms with Gasteiger partial charge in [-0.25, -0.2) is 0 Å². The highest BCUT2D eigenvalue weighted by molar-refractivity contribution is 5.68. The van der Waals surface area contributed by atoms with Crippen molar-refractivity contribution >= 4 is 5.69 Å². The lowest BCUT2D eigenvalue weighted by Crippen LogP contribution is -2.07. The number of rotatable bonds is 2. The van der Waals surface area contributed by atoms with Gasteiger partial charge in [-0.1, -0.05) is 0 Å². The Morgan fingerprint density at radius 3 is 2.50 bits per heavy atom. The molecule has 0 saturated carbocycles. The van der Waals surface area contributed by atoms with Crippen molar-refractivity contribution in [2.24, 2.45) is 0 Å². The number of nitro groups is 1. The number of hydrogen-bond donors (Lipinski definition) is 1. The zero-order chi connectivity index (χ0) is 11.5. The van der Waals surface area contributed by atoms with Crippen LogP contribution in [0.25, 0.3) is 11.3 Å². The topological polar surface area (TPSA) is 88.9 Å². The van der Waals surface area contributed by atoms with Crippen molar-refractivity contribution in [3.63, 3.8) is 0 Å². The first-order valence-corrected chi connectivity index (χ1v) is 4.46. The van der Waals surface area contributed by atoms with Gasteiger partial charge >= 0.3 is 0 Å². The minimum absolute atomic E-state index is 0.134. The molecule has 0 aromatic carbocycles. The van der Waals surface area contributed by atoms with Gasteiger partial charge in [-0.15, -0.1) is 0 Å². The lowest BCUT2D eigenvalue weighted by atomic mass is 10.1. The van der Waals surface area contributed by atoms with Crippen LogP contribution in [0.15, 0.2) is 41.5 Å². The molecule has 16 heavy (non-hydrogen) atoms. The van der Waals surface area contributed by atoms with E-state index in [9.17, 15) is 14.9 Å². The van der Waals surface area contributed by atoms with E-state index >= 15 is 0 Å². The molecule has 0 atom stereocenters. The number of aromatic amines is 1. The summed E-state index contributed by atoms with van der Waals surface area (Å²) in [6, 6.07) is 5.51. The van der Waals surface area contributed by atoms with Crippen molar-refractivity contribution in [1.29, 1.82) is 0 Å². The fraction of sp³-hybridized carbons (Fsp3) is 0. The van der Waals surface area contributed by atoms with Gasteiger partial charge in [0.2, 0.25) is 5.56 Å². The van der Waals surface area contributed by atoms with Crippen LogP contribution >= 0.6 is 0 Å². The van der Waals surface area contributed by atoms with E-state index in [0.717, 1.165) is 6.07 Å². The first kappa shape index (κ1) is 10.0. The van der Waals surface area contributed by atoms with E-state index in [1.165, 1.54) is 18.5 Å². The maximum atomic E-state index is 11.1. The van der Waals surface area contributed by atoms with Crippen LogP contribution in [0.3, 0.4) is 0 Å². The SMILES string of the molecule is O=c1ccc([N+](=O)[O-])c(-c2ccncc2)[nH]1. The Labute approximate surface area is 89.7 Å². The summed E-state index contributed by atoms with van der Waals surface area (Å²) in [7, 11) is 0. The van der Waals surface area contributed by atoms with Crippen molar-refractivity contribution in [3.8, 4) is 11.3 Å². The number of nitrogens with one attached hydrogen (secondary N) is 1. The molecule has 2 aromatic heterocycles. The van der Waals surface area contributed by atoms with E-state index in [-0.39, 0.29) is 16.9 Å². The molecule has 6 nitrogen and oxygen atoms in total. The predicted molar refractivity (Wildman–Crippen MR) is 56.9 cm³/mol. The fourth-order valence-electron chi connectivity index (χ4n) is 1.36. The van der Waals surface area contributed by atoms with Crippen LogP contribution in [0, 0.1) is 10.1 Å². The van der Waals surface area contributed by atoms with Crippen molar-refractivity contribution in [3.05, 3.63) is 57.1 Å². The Morgan fingerprint density at radius 1 is 1.19 bits per heavy atom. The van der Waals surface area contributed by atoms with Gasteiger partial charge in [-0.3, -0.25) is 19.9 Å². The van der Waals surface area contributed by atoms with Gasteiger partial charge in [0.25, 0.3) is 5.69 Å². The first-order chi connectivity index (χ1) is 7.68. The number of nitrogens with zero attached hydrogens (tertiary/aromatic N) is 2. The second-order valence-electron chi connectivity index (χ2n) is 3.08. The molecule has 0 aliphatic carbocycles. The summed E-state index contributed by atoms with van der Waals surface area (Å²) in [4.78, 5) is 27.6. The van der Waals surface area contributed by atoms with Gasteiger partial charge in [-0.05, 0) is 12.1 Å². The van der Waals surface area contributed by atoms with Gasteiger partial charge in [-0.2, -0.15) is 0 Å². The van der Waals surface area contributed by atoms with Crippen LogP contribution in [0.2, 0.25) is 0 Å². The average molecular weight is 217 g/mol. The molecule has 0 amide bonds. The fourth-order valence-corrected chi connectivity index (χ4v) is 1.36. The third kappa shape index (κ3) is 1.81. The number of hydrogen-bond acceptors (Lipinski definition) is 4. The van der Waals surface area contributed by atoms with Crippen molar-refractivity contribution in [1.82, 2.24) is 9.97 Å². The largest absolute Gasteiger partial charge is 0.316 e. The molecule has 0 aliphatic rings. The van der Waals surface area contributed by atoms with Crippen LogP contribution in [0.5, 0.6) is 0 Å². The Bertz CT molecular complexity index is 577. The molecule has 2 heterocycles. The maximum Gasteiger partial charge on any atom is 0.293 e. The van der Waals surface area contributed by atoms with Crippen LogP contribution < -0.4 is 5.56 Å². The van der Waals surface area contributed by atoms with Crippen LogP contribution in [0.4, 0.5) is 5.69 Å². The zero-order valence-corrected chi connectivity index (χ0v) is 8.08. The lowest BCUT2D eigenvalue weighted by molar-refractivity contribution is -0.384. The van der Waals surface area contributed by atoms with E-state index in [1.807, 2.05) is 0 Å². The van der Waals surface area contributed by atoms with Gasteiger partial charge in [0, 0.05) is 30.1 Å². The highest BCUT2D eigenvalue weighted by Crippen LogP contribution is 2.24. The van der Waals surface area contributed by atoms with Crippen molar-refractivity contribution in [2.75, 3.05) is 0 Å². The molecule has 0 radical (unpaired) electrons. The quantitative estimate of drug-likeness (QED) is 0.607. The minimum Gasteiger partial charge on any atom is -0.316 e. The third-order valence-corrected chi connectivity index (χ3v) is 2.06. The summed E-state index contributed by atoms with van der Waals surface area (Å²) < 4.78 is 0. The first-order valence-electron chi connectivity index (χ1n) is 4.46. The highest BCUT2D eigenvalue weighted by atomic mass is 16.6. The average Bonchev–Trinajstić information content (AvgIpc) is 2.29. The molecule has 2 rings (SSSR count). The molecule has 0 aliphatic heterocycles. The third-order valence-electron chi connectivity index (χ3n) is 2.06. The number of H-pyrrole nitrogens is 1. The van der Waals surface area contributed by atoms with Crippen LogP contribution in [-0.2, 0) is 0 Å². The molecule has 0 unspecified atom stereocenters. The number of pyridine rings is 2. The van der Waals surface area contributed by atoms with Gasteiger partial charge in [0.1, 0.15) is 5.69 Å². The smallest absolute Gasteiger partial charge is 0.293 e. The zero-order valence-electron chi connectivity index (χ0n) is 8.08. The minimum atomic E-state index is -0.536. The summed E-state index contributed by atoms with van der Waals surface area (Å²) in [5, 5.41) is 10.8. The second kappa shape index (κ2) is 3.93. The summed E-state index contributed by atoms with van der Waals surface area (Å²) in [5.41, 5.74) is 0.238. The second-order valence-corrected chi connectivity index (χ2v) is 3.08. The van der Waals surface area contributed by atoms with E-state index in [0.29, 0.717) is 5.56 Å². The summed E-state index contributed by atoms with van der Waals surface area (Å²) >= 11 is 0. The van der Waals surface area contributed by atoms with Crippen LogP contribution in [0.1, 0.15) is 0 Å². The van der Waals surface area contributed by atoms with E-state index < -0.39 is 4.92 Å². The van der Waals surface area contributed by atoms with E-state index in [4.69, 9.17) is 0 Å². The molecule has 1 N–H and O–H groups in total. The van der Waals surface area contributed by atoms with Gasteiger partial charge in [0.15, 0.2) is 0 Å². The molecule has 0 spiro atoms. The summed E-state index contributed by atoms with van der Waals surface area (Å²) in [6.07, 6.45) is 3.01. The maximum absolute atomic E-state index is 11.1. The predicted octanol–water partition coefficient (Wildman–Crippen LogP) is 1.35. The van der Waals surface area contributed by atoms with Gasteiger partial charge < -0.3 is 4.98 Å². The highest BCUT2D eigenvalue weighted by Gasteiger charge is 2.15. The molecule has 80 valence electrons. The van der Waals surface area contributed by atoms with E-state index in [2.05, 4.69) is 9.97 Å². The Balaban J connectivity index is 2.68. The molecule has 6 heteroatoms. The monoisotopic (exact) mass is 217 g/mol. The van der Waals surface area contributed by atoms with Crippen LogP contribution in [-0.4, -0.2) is 14.9 Å². The van der Waals surface area contributed by atoms with E-state index in [1.54, 1.807) is 12.1 Å². The normalized spacial score (nSPS) is 10.0.